The highest BCUT2D eigenvalue weighted by Crippen LogP contribution is 2.49. The first kappa shape index (κ1) is 16.9. The molecule has 4 atom stereocenters. The molecule has 5 heteroatoms. The van der Waals surface area contributed by atoms with E-state index in [-0.39, 0.29) is 11.5 Å². The summed E-state index contributed by atoms with van der Waals surface area (Å²) in [6.07, 6.45) is 3.65. The van der Waals surface area contributed by atoms with E-state index in [1.807, 2.05) is 6.07 Å². The van der Waals surface area contributed by atoms with Crippen LogP contribution >= 0.6 is 0 Å². The second kappa shape index (κ2) is 7.34. The zero-order valence-corrected chi connectivity index (χ0v) is 15.7. The molecule has 0 bridgehead atoms. The van der Waals surface area contributed by atoms with E-state index in [0.717, 1.165) is 43.7 Å². The van der Waals surface area contributed by atoms with E-state index in [0.29, 0.717) is 6.04 Å². The van der Waals surface area contributed by atoms with Crippen LogP contribution in [0, 0.1) is 0 Å². The first-order valence-electron chi connectivity index (χ1n) is 9.60. The van der Waals surface area contributed by atoms with Crippen molar-refractivity contribution in [1.82, 2.24) is 10.2 Å². The molecule has 2 aliphatic rings. The van der Waals surface area contributed by atoms with Gasteiger partial charge >= 0.3 is 0 Å². The molecule has 1 aromatic rings. The van der Waals surface area contributed by atoms with Crippen LogP contribution in [0.4, 0.5) is 0 Å². The summed E-state index contributed by atoms with van der Waals surface area (Å²) in [5.41, 5.74) is 1.42. The number of carbonyl (C=O) groups is 1. The maximum atomic E-state index is 11.3. The molecule has 5 nitrogen and oxygen atoms in total. The van der Waals surface area contributed by atoms with E-state index in [9.17, 15) is 4.79 Å². The molecule has 2 fully saturated rings. The van der Waals surface area contributed by atoms with Crippen LogP contribution in [0.15, 0.2) is 18.2 Å². The van der Waals surface area contributed by atoms with Crippen LogP contribution < -0.4 is 14.8 Å². The molecule has 1 aliphatic heterocycles. The van der Waals surface area contributed by atoms with Crippen LogP contribution in [-0.2, 0) is 10.2 Å². The van der Waals surface area contributed by atoms with Crippen LogP contribution in [0.5, 0.6) is 11.5 Å². The third-order valence-corrected chi connectivity index (χ3v) is 6.15. The molecule has 1 saturated heterocycles. The molecule has 1 aromatic carbocycles. The monoisotopic (exact) mass is 348 g/mol. The second-order valence-electron chi connectivity index (χ2n) is 7.45. The van der Waals surface area contributed by atoms with Crippen molar-refractivity contribution >= 4 is 6.26 Å². The molecule has 0 aromatic heterocycles. The lowest BCUT2D eigenvalue weighted by Gasteiger charge is -2.45. The van der Waals surface area contributed by atoms with Crippen LogP contribution in [0.2, 0.25) is 0 Å². The Labute approximate surface area is 152 Å². The fourth-order valence-electron chi connectivity index (χ4n) is 4.80. The van der Waals surface area contributed by atoms with E-state index >= 15 is 0 Å². The number of rotatable bonds is 6. The number of ether oxygens (including phenoxy) is 2. The van der Waals surface area contributed by atoms with E-state index in [4.69, 9.17) is 10.8 Å². The average molecular weight is 348 g/mol. The fourth-order valence-corrected chi connectivity index (χ4v) is 4.80. The number of hydrogen-bond acceptors (Lipinski definition) is 5. The van der Waals surface area contributed by atoms with E-state index in [1.165, 1.54) is 5.56 Å². The van der Waals surface area contributed by atoms with Crippen molar-refractivity contribution < 1.29 is 15.6 Å². The molecule has 3 rings (SSSR count). The summed E-state index contributed by atoms with van der Waals surface area (Å²) in [5.74, 6) is 1.54. The van der Waals surface area contributed by atoms with Gasteiger partial charge in [-0.25, -0.2) is 0 Å². The lowest BCUT2D eigenvalue weighted by Crippen LogP contribution is -2.52. The van der Waals surface area contributed by atoms with E-state index in [2.05, 4.69) is 29.4 Å². The zero-order valence-electron chi connectivity index (χ0n) is 16.7. The summed E-state index contributed by atoms with van der Waals surface area (Å²) in [6.45, 7) is 2.85. The Bertz CT molecular complexity index is 668. The lowest BCUT2D eigenvalue weighted by atomic mass is 9.65. The fraction of sp³-hybridized carbons (Fsp3) is 0.650. The molecule has 0 radical (unpaired) electrons. The van der Waals surface area contributed by atoms with Crippen molar-refractivity contribution in [3.05, 3.63) is 23.8 Å². The van der Waals surface area contributed by atoms with Crippen molar-refractivity contribution in [3.8, 4) is 11.5 Å². The summed E-state index contributed by atoms with van der Waals surface area (Å²) in [5, 5.41) is 3.35. The largest absolute Gasteiger partial charge is 0.493 e. The molecule has 0 amide bonds. The maximum absolute atomic E-state index is 11.3. The van der Waals surface area contributed by atoms with Gasteiger partial charge in [0.2, 0.25) is 0 Å². The number of aldehydes is 1. The first-order valence-corrected chi connectivity index (χ1v) is 9.10. The Morgan fingerprint density at radius 3 is 2.80 bits per heavy atom. The lowest BCUT2D eigenvalue weighted by molar-refractivity contribution is -0.109. The zero-order chi connectivity index (χ0) is 18.9. The van der Waals surface area contributed by atoms with Gasteiger partial charge in [-0.1, -0.05) is 6.07 Å². The van der Waals surface area contributed by atoms with Gasteiger partial charge in [-0.2, -0.15) is 0 Å². The minimum atomic E-state index is -0.540. The molecule has 1 N–H and O–H groups in total. The molecule has 0 spiro atoms. The van der Waals surface area contributed by atoms with Gasteiger partial charge in [0.15, 0.2) is 11.5 Å². The molecular weight excluding hydrogens is 316 g/mol. The van der Waals surface area contributed by atoms with Crippen molar-refractivity contribution in [3.63, 3.8) is 0 Å². The van der Waals surface area contributed by atoms with E-state index < -0.39 is 12.3 Å². The first-order chi connectivity index (χ1) is 12.4. The predicted octanol–water partition coefficient (Wildman–Crippen LogP) is 2.38. The molecule has 138 valence electrons. The highest BCUT2D eigenvalue weighted by Gasteiger charge is 2.50. The summed E-state index contributed by atoms with van der Waals surface area (Å²) in [6, 6.07) is 6.60. The van der Waals surface area contributed by atoms with Gasteiger partial charge in [0, 0.05) is 17.5 Å². The second-order valence-corrected chi connectivity index (χ2v) is 7.45. The average Bonchev–Trinajstić information content (AvgIpc) is 2.98. The van der Waals surface area contributed by atoms with Gasteiger partial charge < -0.3 is 24.5 Å². The SMILES string of the molecule is [3H]C(=O)C(C)NC1CC[C@@]2(c3ccc(OC)c(OC)c3)CCN(C)[C@H]2C1. The standard InChI is InChI=1S/C20H30N2O3/c1-14(13-23)21-16-7-8-20(9-10-22(2)19(20)12-16)15-5-6-17(24-3)18(11-15)25-4/h5-6,11,13-14,16,19,21H,7-10,12H2,1-4H3/t14?,16?,19-,20-/m0/s1/i13T. The third kappa shape index (κ3) is 3.27. The normalized spacial score (nSPS) is 31.1. The highest BCUT2D eigenvalue weighted by atomic mass is 16.5. The van der Waals surface area contributed by atoms with Gasteiger partial charge in [0.25, 0.3) is 0 Å². The molecule has 1 saturated carbocycles. The van der Waals surface area contributed by atoms with Crippen molar-refractivity contribution in [2.45, 2.75) is 56.1 Å². The number of likely N-dealkylation sites (N-methyl/N-ethyl adjacent to an activating group) is 1. The van der Waals surface area contributed by atoms with Crippen LogP contribution in [-0.4, -0.2) is 57.1 Å². The Balaban J connectivity index is 1.86. The Hall–Kier alpha value is -1.59. The molecular formula is C20H30N2O3. The maximum Gasteiger partial charge on any atom is 0.161 e. The van der Waals surface area contributed by atoms with Crippen molar-refractivity contribution in [2.75, 3.05) is 27.8 Å². The molecule has 2 unspecified atom stereocenters. The number of methoxy groups -OCH3 is 2. The molecule has 25 heavy (non-hydrogen) atoms. The number of likely N-dealkylation sites (tertiary alicyclic amines) is 1. The third-order valence-electron chi connectivity index (χ3n) is 6.15. The topological polar surface area (TPSA) is 50.8 Å². The summed E-state index contributed by atoms with van der Waals surface area (Å²) in [7, 11) is 5.53. The number of hydrogen-bond donors (Lipinski definition) is 1. The Morgan fingerprint density at radius 1 is 1.36 bits per heavy atom. The Kier molecular flexibility index (Phi) is 4.95. The Morgan fingerprint density at radius 2 is 2.12 bits per heavy atom. The highest BCUT2D eigenvalue weighted by molar-refractivity contribution is 5.56. The quantitative estimate of drug-likeness (QED) is 0.800. The summed E-state index contributed by atoms with van der Waals surface area (Å²) < 4.78 is 18.2. The molecule has 1 heterocycles. The predicted molar refractivity (Wildman–Crippen MR) is 98.6 cm³/mol. The number of fused-ring (bicyclic) bond motifs is 1. The van der Waals surface area contributed by atoms with Crippen LogP contribution in [0.1, 0.15) is 39.5 Å². The van der Waals surface area contributed by atoms with E-state index in [1.54, 1.807) is 21.1 Å². The van der Waals surface area contributed by atoms with Gasteiger partial charge in [-0.15, -0.1) is 0 Å². The number of nitrogens with one attached hydrogen (secondary N) is 1. The van der Waals surface area contributed by atoms with Gasteiger partial charge in [0.05, 0.1) is 20.3 Å². The number of carbonyl (C=O) groups excluding carboxylic acids is 1. The smallest absolute Gasteiger partial charge is 0.161 e. The molecule has 1 aliphatic carbocycles. The van der Waals surface area contributed by atoms with Crippen LogP contribution in [0.3, 0.4) is 0 Å². The van der Waals surface area contributed by atoms with Gasteiger partial charge in [0.1, 0.15) is 7.63 Å². The minimum Gasteiger partial charge on any atom is -0.493 e. The number of benzene rings is 1. The van der Waals surface area contributed by atoms with Gasteiger partial charge in [-0.05, 0) is 63.9 Å². The van der Waals surface area contributed by atoms with Crippen molar-refractivity contribution in [2.24, 2.45) is 0 Å². The summed E-state index contributed by atoms with van der Waals surface area (Å²) >= 11 is 0. The number of nitrogens with zero attached hydrogens (tertiary/aromatic N) is 1. The van der Waals surface area contributed by atoms with Crippen LogP contribution in [0.25, 0.3) is 0 Å². The minimum absolute atomic E-state index is 0.112. The summed E-state index contributed by atoms with van der Waals surface area (Å²) in [4.78, 5) is 13.7. The van der Waals surface area contributed by atoms with Crippen molar-refractivity contribution in [1.29, 1.82) is 0 Å². The van der Waals surface area contributed by atoms with Gasteiger partial charge in [-0.3, -0.25) is 0 Å².